The SMILES string of the molecule is Cc1cnc(C)c(NC[C@@H]2CC(=O)N(C)[C@H]2c2ccncc2)n1. The first-order valence-corrected chi connectivity index (χ1v) is 7.76. The van der Waals surface area contributed by atoms with E-state index in [9.17, 15) is 4.79 Å². The van der Waals surface area contributed by atoms with Gasteiger partial charge in [0.1, 0.15) is 5.82 Å². The summed E-state index contributed by atoms with van der Waals surface area (Å²) in [6.07, 6.45) is 5.83. The predicted molar refractivity (Wildman–Crippen MR) is 87.9 cm³/mol. The van der Waals surface area contributed by atoms with Crippen LogP contribution in [0.3, 0.4) is 0 Å². The molecule has 3 heterocycles. The molecule has 6 nitrogen and oxygen atoms in total. The minimum absolute atomic E-state index is 0.0658. The minimum atomic E-state index is 0.0658. The lowest BCUT2D eigenvalue weighted by molar-refractivity contribution is -0.127. The highest BCUT2D eigenvalue weighted by Gasteiger charge is 2.38. The Kier molecular flexibility index (Phi) is 4.23. The molecule has 1 saturated heterocycles. The summed E-state index contributed by atoms with van der Waals surface area (Å²) in [5.41, 5.74) is 2.87. The summed E-state index contributed by atoms with van der Waals surface area (Å²) in [5, 5.41) is 3.37. The van der Waals surface area contributed by atoms with E-state index >= 15 is 0 Å². The second-order valence-corrected chi connectivity index (χ2v) is 6.02. The monoisotopic (exact) mass is 311 g/mol. The molecule has 0 aliphatic carbocycles. The normalized spacial score (nSPS) is 20.8. The third-order valence-corrected chi connectivity index (χ3v) is 4.35. The van der Waals surface area contributed by atoms with Gasteiger partial charge in [-0.1, -0.05) is 0 Å². The molecule has 0 saturated carbocycles. The number of aromatic nitrogens is 3. The summed E-state index contributed by atoms with van der Waals surface area (Å²) < 4.78 is 0. The molecule has 0 aromatic carbocycles. The third kappa shape index (κ3) is 3.16. The zero-order valence-electron chi connectivity index (χ0n) is 13.7. The molecule has 0 radical (unpaired) electrons. The number of carbonyl (C=O) groups excluding carboxylic acids is 1. The number of carbonyl (C=O) groups is 1. The first kappa shape index (κ1) is 15.4. The van der Waals surface area contributed by atoms with Crippen LogP contribution in [0.2, 0.25) is 0 Å². The van der Waals surface area contributed by atoms with Crippen molar-refractivity contribution in [2.24, 2.45) is 5.92 Å². The van der Waals surface area contributed by atoms with E-state index in [1.54, 1.807) is 18.6 Å². The molecule has 0 unspecified atom stereocenters. The van der Waals surface area contributed by atoms with Crippen LogP contribution < -0.4 is 5.32 Å². The van der Waals surface area contributed by atoms with Gasteiger partial charge in [-0.15, -0.1) is 0 Å². The van der Waals surface area contributed by atoms with E-state index < -0.39 is 0 Å². The van der Waals surface area contributed by atoms with Crippen molar-refractivity contribution in [2.75, 3.05) is 18.9 Å². The first-order valence-electron chi connectivity index (χ1n) is 7.76. The lowest BCUT2D eigenvalue weighted by atomic mass is 9.94. The van der Waals surface area contributed by atoms with Crippen molar-refractivity contribution < 1.29 is 4.79 Å². The van der Waals surface area contributed by atoms with Gasteiger partial charge in [0, 0.05) is 44.5 Å². The Bertz CT molecular complexity index is 703. The van der Waals surface area contributed by atoms with E-state index in [0.29, 0.717) is 13.0 Å². The molecule has 1 fully saturated rings. The summed E-state index contributed by atoms with van der Waals surface area (Å²) in [6, 6.07) is 4.02. The second kappa shape index (κ2) is 6.32. The Morgan fingerprint density at radius 3 is 2.78 bits per heavy atom. The molecule has 1 N–H and O–H groups in total. The van der Waals surface area contributed by atoms with Crippen molar-refractivity contribution in [3.05, 3.63) is 47.7 Å². The quantitative estimate of drug-likeness (QED) is 0.936. The van der Waals surface area contributed by atoms with Gasteiger partial charge in [0.2, 0.25) is 5.91 Å². The molecule has 1 aliphatic heterocycles. The number of aryl methyl sites for hydroxylation is 2. The topological polar surface area (TPSA) is 71.0 Å². The molecule has 6 heteroatoms. The van der Waals surface area contributed by atoms with Gasteiger partial charge in [0.05, 0.1) is 17.4 Å². The zero-order chi connectivity index (χ0) is 16.4. The van der Waals surface area contributed by atoms with Crippen LogP contribution in [0.4, 0.5) is 5.82 Å². The van der Waals surface area contributed by atoms with Crippen LogP contribution >= 0.6 is 0 Å². The fourth-order valence-corrected chi connectivity index (χ4v) is 3.12. The maximum Gasteiger partial charge on any atom is 0.223 e. The summed E-state index contributed by atoms with van der Waals surface area (Å²) in [7, 11) is 1.87. The van der Waals surface area contributed by atoms with E-state index in [2.05, 4.69) is 20.3 Å². The molecule has 1 aliphatic rings. The summed E-state index contributed by atoms with van der Waals surface area (Å²) in [6.45, 7) is 4.54. The van der Waals surface area contributed by atoms with E-state index in [-0.39, 0.29) is 17.9 Å². The second-order valence-electron chi connectivity index (χ2n) is 6.02. The fraction of sp³-hybridized carbons (Fsp3) is 0.412. The molecule has 2 aromatic heterocycles. The van der Waals surface area contributed by atoms with Gasteiger partial charge in [-0.3, -0.25) is 14.8 Å². The summed E-state index contributed by atoms with van der Waals surface area (Å²) in [5.74, 6) is 1.16. The first-order chi connectivity index (χ1) is 11.1. The number of hydrogen-bond acceptors (Lipinski definition) is 5. The highest BCUT2D eigenvalue weighted by molar-refractivity contribution is 5.79. The Morgan fingerprint density at radius 2 is 2.04 bits per heavy atom. The van der Waals surface area contributed by atoms with Gasteiger partial charge in [0.15, 0.2) is 0 Å². The summed E-state index contributed by atoms with van der Waals surface area (Å²) >= 11 is 0. The van der Waals surface area contributed by atoms with Crippen molar-refractivity contribution in [1.29, 1.82) is 0 Å². The van der Waals surface area contributed by atoms with Gasteiger partial charge < -0.3 is 10.2 Å². The standard InChI is InChI=1S/C17H21N5O/c1-11-9-19-12(2)17(21-11)20-10-14-8-15(23)22(3)16(14)13-4-6-18-7-5-13/h4-7,9,14,16H,8,10H2,1-3H3,(H,20,21)/t14-,16-/m0/s1. The van der Waals surface area contributed by atoms with Crippen LogP contribution in [-0.4, -0.2) is 39.4 Å². The Balaban J connectivity index is 1.78. The van der Waals surface area contributed by atoms with Crippen LogP contribution in [0, 0.1) is 19.8 Å². The van der Waals surface area contributed by atoms with E-state index in [1.807, 2.05) is 37.9 Å². The predicted octanol–water partition coefficient (Wildman–Crippen LogP) is 2.12. The van der Waals surface area contributed by atoms with E-state index in [0.717, 1.165) is 22.8 Å². The highest BCUT2D eigenvalue weighted by Crippen LogP contribution is 2.36. The van der Waals surface area contributed by atoms with Crippen molar-refractivity contribution >= 4 is 11.7 Å². The van der Waals surface area contributed by atoms with Crippen molar-refractivity contribution in [1.82, 2.24) is 19.9 Å². The average molecular weight is 311 g/mol. The van der Waals surface area contributed by atoms with Crippen molar-refractivity contribution in [3.8, 4) is 0 Å². The summed E-state index contributed by atoms with van der Waals surface area (Å²) in [4.78, 5) is 26.9. The Labute approximate surface area is 136 Å². The lowest BCUT2D eigenvalue weighted by Crippen LogP contribution is -2.26. The molecule has 120 valence electrons. The molecule has 0 bridgehead atoms. The number of pyridine rings is 1. The zero-order valence-corrected chi connectivity index (χ0v) is 13.7. The van der Waals surface area contributed by atoms with Crippen LogP contribution in [0.1, 0.15) is 29.4 Å². The van der Waals surface area contributed by atoms with Crippen LogP contribution in [-0.2, 0) is 4.79 Å². The minimum Gasteiger partial charge on any atom is -0.368 e. The highest BCUT2D eigenvalue weighted by atomic mass is 16.2. The third-order valence-electron chi connectivity index (χ3n) is 4.35. The van der Waals surface area contributed by atoms with Crippen LogP contribution in [0.15, 0.2) is 30.7 Å². The van der Waals surface area contributed by atoms with Crippen LogP contribution in [0.25, 0.3) is 0 Å². The molecule has 3 rings (SSSR count). The number of nitrogens with one attached hydrogen (secondary N) is 1. The smallest absolute Gasteiger partial charge is 0.223 e. The molecule has 2 aromatic rings. The number of likely N-dealkylation sites (tertiary alicyclic amines) is 1. The van der Waals surface area contributed by atoms with E-state index in [4.69, 9.17) is 0 Å². The molecule has 1 amide bonds. The van der Waals surface area contributed by atoms with Gasteiger partial charge in [-0.2, -0.15) is 0 Å². The largest absolute Gasteiger partial charge is 0.368 e. The number of hydrogen-bond donors (Lipinski definition) is 1. The number of anilines is 1. The molecular weight excluding hydrogens is 290 g/mol. The van der Waals surface area contributed by atoms with Crippen molar-refractivity contribution in [2.45, 2.75) is 26.3 Å². The lowest BCUT2D eigenvalue weighted by Gasteiger charge is -2.25. The number of amides is 1. The average Bonchev–Trinajstić information content (AvgIpc) is 2.84. The fourth-order valence-electron chi connectivity index (χ4n) is 3.12. The number of rotatable bonds is 4. The maximum atomic E-state index is 12.2. The van der Waals surface area contributed by atoms with Crippen molar-refractivity contribution in [3.63, 3.8) is 0 Å². The molecule has 23 heavy (non-hydrogen) atoms. The Morgan fingerprint density at radius 1 is 1.30 bits per heavy atom. The van der Waals surface area contributed by atoms with Crippen LogP contribution in [0.5, 0.6) is 0 Å². The van der Waals surface area contributed by atoms with Gasteiger partial charge in [-0.05, 0) is 31.5 Å². The van der Waals surface area contributed by atoms with Gasteiger partial charge in [0.25, 0.3) is 0 Å². The van der Waals surface area contributed by atoms with Gasteiger partial charge in [-0.25, -0.2) is 4.98 Å². The maximum absolute atomic E-state index is 12.2. The molecule has 2 atom stereocenters. The molecular formula is C17H21N5O. The Hall–Kier alpha value is -2.50. The van der Waals surface area contributed by atoms with Gasteiger partial charge >= 0.3 is 0 Å². The number of nitrogens with zero attached hydrogens (tertiary/aromatic N) is 4. The van der Waals surface area contributed by atoms with E-state index in [1.165, 1.54) is 0 Å². The molecule has 0 spiro atoms.